The van der Waals surface area contributed by atoms with Crippen LogP contribution in [0.25, 0.3) is 0 Å². The van der Waals surface area contributed by atoms with Gasteiger partial charge in [-0.3, -0.25) is 10.2 Å². The van der Waals surface area contributed by atoms with Crippen LogP contribution in [0.1, 0.15) is 18.0 Å². The van der Waals surface area contributed by atoms with E-state index in [9.17, 15) is 4.79 Å². The molecule has 2 N–H and O–H groups in total. The van der Waals surface area contributed by atoms with Gasteiger partial charge in [-0.2, -0.15) is 0 Å². The van der Waals surface area contributed by atoms with Crippen LogP contribution in [0.2, 0.25) is 0 Å². The lowest BCUT2D eigenvalue weighted by Crippen LogP contribution is -2.27. The van der Waals surface area contributed by atoms with Crippen LogP contribution in [0.5, 0.6) is 5.75 Å². The fourth-order valence-electron chi connectivity index (χ4n) is 1.60. The normalized spacial score (nSPS) is 20.6. The summed E-state index contributed by atoms with van der Waals surface area (Å²) in [4.78, 5) is 11.0. The smallest absolute Gasteiger partial charge is 0.236 e. The Morgan fingerprint density at radius 3 is 2.86 bits per heavy atom. The number of para-hydroxylation sites is 1. The highest BCUT2D eigenvalue weighted by molar-refractivity contribution is 5.78. The lowest BCUT2D eigenvalue weighted by Gasteiger charge is -2.12. The van der Waals surface area contributed by atoms with Gasteiger partial charge in [0.25, 0.3) is 0 Å². The van der Waals surface area contributed by atoms with Crippen molar-refractivity contribution in [2.75, 3.05) is 7.11 Å². The summed E-state index contributed by atoms with van der Waals surface area (Å²) in [5.41, 5.74) is 6.50. The van der Waals surface area contributed by atoms with Gasteiger partial charge in [-0.1, -0.05) is 18.2 Å². The standard InChI is InChI=1S/C10H12N2O2/c1-14-9-5-3-2-4-7(9)8-6-10(13)12-11-8/h2-5,8,11H,6H2,1H3,(H,12,13). The quantitative estimate of drug-likeness (QED) is 0.727. The van der Waals surface area contributed by atoms with Gasteiger partial charge >= 0.3 is 0 Å². The Morgan fingerprint density at radius 1 is 1.43 bits per heavy atom. The van der Waals surface area contributed by atoms with Crippen molar-refractivity contribution in [1.29, 1.82) is 0 Å². The minimum Gasteiger partial charge on any atom is -0.496 e. The Morgan fingerprint density at radius 2 is 2.21 bits per heavy atom. The van der Waals surface area contributed by atoms with E-state index in [1.807, 2.05) is 24.3 Å². The maximum absolute atomic E-state index is 11.0. The molecule has 1 atom stereocenters. The molecule has 1 aromatic carbocycles. The van der Waals surface area contributed by atoms with Crippen molar-refractivity contribution in [3.63, 3.8) is 0 Å². The number of amides is 1. The van der Waals surface area contributed by atoms with Gasteiger partial charge in [0.15, 0.2) is 0 Å². The maximum atomic E-state index is 11.0. The third-order valence-corrected chi connectivity index (χ3v) is 2.29. The second-order valence-corrected chi connectivity index (χ2v) is 3.19. The average molecular weight is 192 g/mol. The van der Waals surface area contributed by atoms with E-state index in [0.717, 1.165) is 11.3 Å². The van der Waals surface area contributed by atoms with Gasteiger partial charge < -0.3 is 4.74 Å². The van der Waals surface area contributed by atoms with Gasteiger partial charge in [-0.25, -0.2) is 5.43 Å². The van der Waals surface area contributed by atoms with Crippen molar-refractivity contribution in [2.24, 2.45) is 0 Å². The van der Waals surface area contributed by atoms with Gasteiger partial charge in [-0.15, -0.1) is 0 Å². The molecule has 1 aromatic rings. The molecule has 2 rings (SSSR count). The van der Waals surface area contributed by atoms with E-state index in [-0.39, 0.29) is 11.9 Å². The number of benzene rings is 1. The molecule has 1 heterocycles. The van der Waals surface area contributed by atoms with Crippen molar-refractivity contribution >= 4 is 5.91 Å². The van der Waals surface area contributed by atoms with Gasteiger partial charge in [0.2, 0.25) is 5.91 Å². The Labute approximate surface area is 82.2 Å². The summed E-state index contributed by atoms with van der Waals surface area (Å²) >= 11 is 0. The van der Waals surface area contributed by atoms with Crippen LogP contribution >= 0.6 is 0 Å². The van der Waals surface area contributed by atoms with Crippen molar-refractivity contribution in [2.45, 2.75) is 12.5 Å². The molecule has 0 aliphatic carbocycles. The van der Waals surface area contributed by atoms with Crippen molar-refractivity contribution in [3.05, 3.63) is 29.8 Å². The highest BCUT2D eigenvalue weighted by Gasteiger charge is 2.24. The van der Waals surface area contributed by atoms with Crippen LogP contribution in [0.15, 0.2) is 24.3 Å². The second kappa shape index (κ2) is 3.67. The third kappa shape index (κ3) is 1.56. The first-order chi connectivity index (χ1) is 6.81. The van der Waals surface area contributed by atoms with Crippen LogP contribution < -0.4 is 15.6 Å². The van der Waals surface area contributed by atoms with Gasteiger partial charge in [0, 0.05) is 12.0 Å². The molecular weight excluding hydrogens is 180 g/mol. The Kier molecular flexibility index (Phi) is 2.37. The van der Waals surface area contributed by atoms with Crippen LogP contribution in [0.4, 0.5) is 0 Å². The molecule has 0 saturated carbocycles. The molecule has 0 radical (unpaired) electrons. The number of hydrogen-bond donors (Lipinski definition) is 2. The number of nitrogens with one attached hydrogen (secondary N) is 2. The highest BCUT2D eigenvalue weighted by atomic mass is 16.5. The van der Waals surface area contributed by atoms with Crippen LogP contribution in [-0.4, -0.2) is 13.0 Å². The summed E-state index contributed by atoms with van der Waals surface area (Å²) in [6, 6.07) is 7.70. The average Bonchev–Trinajstić information content (AvgIpc) is 2.65. The summed E-state index contributed by atoms with van der Waals surface area (Å²) in [5.74, 6) is 0.822. The molecule has 4 heteroatoms. The van der Waals surface area contributed by atoms with Crippen LogP contribution in [0, 0.1) is 0 Å². The van der Waals surface area contributed by atoms with E-state index in [1.54, 1.807) is 7.11 Å². The molecular formula is C10H12N2O2. The summed E-state index contributed by atoms with van der Waals surface area (Å²) in [6.45, 7) is 0. The van der Waals surface area contributed by atoms with E-state index in [0.29, 0.717) is 6.42 Å². The topological polar surface area (TPSA) is 50.4 Å². The summed E-state index contributed by atoms with van der Waals surface area (Å²) in [6.07, 6.45) is 0.459. The van der Waals surface area contributed by atoms with Gasteiger partial charge in [0.1, 0.15) is 5.75 Å². The molecule has 1 aliphatic heterocycles. The monoisotopic (exact) mass is 192 g/mol. The molecule has 1 unspecified atom stereocenters. The number of hydrogen-bond acceptors (Lipinski definition) is 3. The number of methoxy groups -OCH3 is 1. The molecule has 4 nitrogen and oxygen atoms in total. The predicted octanol–water partition coefficient (Wildman–Crippen LogP) is 0.761. The fraction of sp³-hybridized carbons (Fsp3) is 0.300. The number of carbonyl (C=O) groups is 1. The molecule has 1 saturated heterocycles. The Hall–Kier alpha value is -1.55. The molecule has 74 valence electrons. The van der Waals surface area contributed by atoms with Crippen LogP contribution in [-0.2, 0) is 4.79 Å². The third-order valence-electron chi connectivity index (χ3n) is 2.29. The van der Waals surface area contributed by atoms with Crippen LogP contribution in [0.3, 0.4) is 0 Å². The Balaban J connectivity index is 2.27. The van der Waals surface area contributed by atoms with E-state index in [2.05, 4.69) is 10.9 Å². The summed E-state index contributed by atoms with van der Waals surface area (Å²) in [7, 11) is 1.63. The lowest BCUT2D eigenvalue weighted by molar-refractivity contribution is -0.119. The largest absolute Gasteiger partial charge is 0.496 e. The zero-order valence-corrected chi connectivity index (χ0v) is 7.91. The SMILES string of the molecule is COc1ccccc1C1CC(=O)NN1. The molecule has 1 amide bonds. The molecule has 1 aliphatic rings. The minimum absolute atomic E-state index is 0.0126. The molecule has 14 heavy (non-hydrogen) atoms. The Bertz CT molecular complexity index is 352. The number of rotatable bonds is 2. The van der Waals surface area contributed by atoms with E-state index in [1.165, 1.54) is 0 Å². The predicted molar refractivity (Wildman–Crippen MR) is 51.6 cm³/mol. The first-order valence-corrected chi connectivity index (χ1v) is 4.48. The molecule has 1 fully saturated rings. The van der Waals surface area contributed by atoms with Gasteiger partial charge in [0.05, 0.1) is 13.2 Å². The van der Waals surface area contributed by atoms with E-state index >= 15 is 0 Å². The van der Waals surface area contributed by atoms with Crippen molar-refractivity contribution < 1.29 is 9.53 Å². The number of ether oxygens (including phenoxy) is 1. The maximum Gasteiger partial charge on any atom is 0.236 e. The molecule has 0 bridgehead atoms. The molecule has 0 aromatic heterocycles. The van der Waals surface area contributed by atoms with E-state index < -0.39 is 0 Å². The zero-order chi connectivity index (χ0) is 9.97. The number of carbonyl (C=O) groups excluding carboxylic acids is 1. The summed E-state index contributed by atoms with van der Waals surface area (Å²) < 4.78 is 5.21. The highest BCUT2D eigenvalue weighted by Crippen LogP contribution is 2.27. The first kappa shape index (κ1) is 9.02. The fourth-order valence-corrected chi connectivity index (χ4v) is 1.60. The van der Waals surface area contributed by atoms with Crippen molar-refractivity contribution in [1.82, 2.24) is 10.9 Å². The minimum atomic E-state index is 0.0126. The van der Waals surface area contributed by atoms with E-state index in [4.69, 9.17) is 4.74 Å². The zero-order valence-electron chi connectivity index (χ0n) is 7.91. The lowest BCUT2D eigenvalue weighted by atomic mass is 10.0. The second-order valence-electron chi connectivity index (χ2n) is 3.19. The first-order valence-electron chi connectivity index (χ1n) is 4.48. The summed E-state index contributed by atoms with van der Waals surface area (Å²) in [5, 5.41) is 0. The van der Waals surface area contributed by atoms with Crippen molar-refractivity contribution in [3.8, 4) is 5.75 Å². The van der Waals surface area contributed by atoms with Gasteiger partial charge in [-0.05, 0) is 6.07 Å². The number of hydrazine groups is 1. The molecule has 0 spiro atoms.